The first kappa shape index (κ1) is 62.1. The summed E-state index contributed by atoms with van der Waals surface area (Å²) in [5, 5.41) is 46.5. The highest BCUT2D eigenvalue weighted by molar-refractivity contribution is 5.91. The molecule has 0 radical (unpaired) electrons. The van der Waals surface area contributed by atoms with E-state index in [2.05, 4.69) is 0 Å². The van der Waals surface area contributed by atoms with Gasteiger partial charge in [0.25, 0.3) is 0 Å². The lowest BCUT2D eigenvalue weighted by Gasteiger charge is -2.50. The van der Waals surface area contributed by atoms with Gasteiger partial charge in [0, 0.05) is 44.8 Å². The number of aliphatic hydroxyl groups excluding tert-OH is 3. The van der Waals surface area contributed by atoms with E-state index in [1.165, 1.54) is 20.3 Å². The summed E-state index contributed by atoms with van der Waals surface area (Å²) in [7, 11) is 7.97. The van der Waals surface area contributed by atoms with E-state index < -0.39 is 146 Å². The third kappa shape index (κ3) is 16.2. The van der Waals surface area contributed by atoms with Crippen molar-refractivity contribution in [2.45, 2.75) is 198 Å². The number of aldehydes is 1. The molecule has 0 aromatic heterocycles. The number of esters is 2. The van der Waals surface area contributed by atoms with Crippen LogP contribution >= 0.6 is 0 Å². The third-order valence-electron chi connectivity index (χ3n) is 15.1. The van der Waals surface area contributed by atoms with Crippen LogP contribution in [0.1, 0.15) is 93.1 Å². The van der Waals surface area contributed by atoms with Gasteiger partial charge in [-0.25, -0.2) is 0 Å². The number of ketones is 1. The third-order valence-corrected chi connectivity index (χ3v) is 15.1. The molecule has 3 fully saturated rings. The number of rotatable bonds is 17. The molecule has 0 bridgehead atoms. The van der Waals surface area contributed by atoms with Crippen molar-refractivity contribution in [3.05, 3.63) is 53.6 Å². The van der Waals surface area contributed by atoms with Gasteiger partial charge in [0.2, 0.25) is 0 Å². The molecule has 3 saturated heterocycles. The highest BCUT2D eigenvalue weighted by Crippen LogP contribution is 2.38. The van der Waals surface area contributed by atoms with E-state index in [1.54, 1.807) is 105 Å². The molecule has 21 atom stereocenters. The maximum atomic E-state index is 13.9. The summed E-state index contributed by atoms with van der Waals surface area (Å²) in [5.74, 6) is -3.62. The van der Waals surface area contributed by atoms with Crippen LogP contribution in [0.4, 0.5) is 0 Å². The van der Waals surface area contributed by atoms with Gasteiger partial charge in [-0.2, -0.15) is 0 Å². The number of hydrogen-bond acceptors (Lipinski definition) is 20. The topological polar surface area (TPSA) is 254 Å². The number of benzene rings is 1. The number of ether oxygens (including phenoxy) is 11. The van der Waals surface area contributed by atoms with Gasteiger partial charge in [0.15, 0.2) is 30.8 Å². The van der Waals surface area contributed by atoms with E-state index in [9.17, 15) is 39.6 Å². The highest BCUT2D eigenvalue weighted by Gasteiger charge is 2.53. The average molecular weight is 1060 g/mol. The molecule has 20 nitrogen and oxygen atoms in total. The fourth-order valence-electron chi connectivity index (χ4n) is 10.8. The van der Waals surface area contributed by atoms with Crippen molar-refractivity contribution in [3.63, 3.8) is 0 Å². The minimum absolute atomic E-state index is 0.0206. The van der Waals surface area contributed by atoms with Gasteiger partial charge < -0.3 is 82.2 Å². The Balaban J connectivity index is 1.34. The monoisotopic (exact) mass is 1060 g/mol. The molecule has 20 heteroatoms. The molecule has 424 valence electrons. The van der Waals surface area contributed by atoms with Crippen molar-refractivity contribution in [1.82, 2.24) is 4.90 Å². The fraction of sp³-hybridized carbons (Fsp3) is 0.745. The Morgan fingerprint density at radius 3 is 2.12 bits per heavy atom. The van der Waals surface area contributed by atoms with Gasteiger partial charge in [-0.15, -0.1) is 0 Å². The fourth-order valence-corrected chi connectivity index (χ4v) is 10.8. The maximum absolute atomic E-state index is 13.9. The number of likely N-dealkylation sites (N-methyl/N-ethyl adjacent to an activating group) is 1. The largest absolute Gasteiger partial charge is 0.497 e. The Kier molecular flexibility index (Phi) is 23.4. The van der Waals surface area contributed by atoms with E-state index in [4.69, 9.17) is 52.1 Å². The first-order chi connectivity index (χ1) is 35.5. The molecule has 4 heterocycles. The summed E-state index contributed by atoms with van der Waals surface area (Å²) in [6, 6.07) is 6.19. The van der Waals surface area contributed by atoms with E-state index in [1.807, 2.05) is 13.0 Å². The molecule has 5 rings (SSSR count). The Bertz CT molecular complexity index is 2050. The molecule has 0 saturated carbocycles. The molecule has 75 heavy (non-hydrogen) atoms. The second-order valence-corrected chi connectivity index (χ2v) is 21.2. The summed E-state index contributed by atoms with van der Waals surface area (Å²) in [6.45, 7) is 13.7. The summed E-state index contributed by atoms with van der Waals surface area (Å²) in [6.07, 6.45) is -9.07. The molecule has 1 aromatic carbocycles. The lowest BCUT2D eigenvalue weighted by Crippen LogP contribution is -2.65. The van der Waals surface area contributed by atoms with Crippen molar-refractivity contribution >= 4 is 24.0 Å². The molecule has 0 amide bonds. The zero-order valence-corrected chi connectivity index (χ0v) is 46.0. The standard InChI is InChI=1S/C55H85NO19/c1-14-41-37(28-68-54-51(67-13)50(66-12)46(62)32(5)70-54)23-29(2)15-20-39(58)30(3)24-36(21-22-57)48(31(4)40(59)26-43(61)72-41)75-53-47(63)45(56(9)10)49(33(6)71-53)74-44-27-55(8,64)52(34(7)69-44)73-42(60)25-35-16-18-38(65-11)19-17-35/h15-20,22-23,30-34,36-37,40-41,44-54,59,62-64H,14,21,24-28H2,1-13H3/b20-15+,29-23+/t30-,31+,32-,33-,34+,36+,37-,40-,41-,44+,45-,46-,47-,48-,49-,50-,51-,52+,53+,54-,55-/m1/s1. The first-order valence-corrected chi connectivity index (χ1v) is 26.2. The van der Waals surface area contributed by atoms with E-state index in [-0.39, 0.29) is 38.1 Å². The predicted octanol–water partition coefficient (Wildman–Crippen LogP) is 3.64. The second kappa shape index (κ2) is 28.2. The Morgan fingerprint density at radius 1 is 0.853 bits per heavy atom. The predicted molar refractivity (Wildman–Crippen MR) is 271 cm³/mol. The van der Waals surface area contributed by atoms with Crippen LogP contribution in [0.25, 0.3) is 0 Å². The smallest absolute Gasteiger partial charge is 0.310 e. The molecule has 0 unspecified atom stereocenters. The van der Waals surface area contributed by atoms with Crippen LogP contribution in [0.15, 0.2) is 48.1 Å². The quantitative estimate of drug-likeness (QED) is 0.128. The van der Waals surface area contributed by atoms with Crippen molar-refractivity contribution in [1.29, 1.82) is 0 Å². The van der Waals surface area contributed by atoms with E-state index in [0.717, 1.165) is 0 Å². The molecule has 4 aliphatic rings. The molecule has 0 spiro atoms. The van der Waals surface area contributed by atoms with Crippen molar-refractivity contribution in [2.75, 3.05) is 42.0 Å². The van der Waals surface area contributed by atoms with Crippen molar-refractivity contribution in [3.8, 4) is 5.75 Å². The van der Waals surface area contributed by atoms with Crippen LogP contribution in [0.2, 0.25) is 0 Å². The molecule has 4 N–H and O–H groups in total. The van der Waals surface area contributed by atoms with Crippen LogP contribution in [0.5, 0.6) is 5.75 Å². The van der Waals surface area contributed by atoms with Crippen molar-refractivity contribution < 1.29 is 91.7 Å². The maximum Gasteiger partial charge on any atom is 0.310 e. The lowest BCUT2D eigenvalue weighted by molar-refractivity contribution is -0.342. The van der Waals surface area contributed by atoms with Gasteiger partial charge in [-0.05, 0) is 91.2 Å². The average Bonchev–Trinajstić information content (AvgIpc) is 3.35. The number of carbonyl (C=O) groups excluding carboxylic acids is 4. The number of carbonyl (C=O) groups is 4. The van der Waals surface area contributed by atoms with Crippen LogP contribution in [-0.4, -0.2) is 195 Å². The van der Waals surface area contributed by atoms with Crippen LogP contribution in [-0.2, 0) is 73.0 Å². The normalized spacial score (nSPS) is 40.7. The molecular weight excluding hydrogens is 979 g/mol. The summed E-state index contributed by atoms with van der Waals surface area (Å²) in [4.78, 5) is 55.0. The van der Waals surface area contributed by atoms with Crippen molar-refractivity contribution in [2.24, 2.45) is 23.7 Å². The van der Waals surface area contributed by atoms with Gasteiger partial charge in [-0.3, -0.25) is 14.4 Å². The highest BCUT2D eigenvalue weighted by atomic mass is 16.7. The minimum atomic E-state index is -1.58. The zero-order valence-electron chi connectivity index (χ0n) is 46.0. The Morgan fingerprint density at radius 2 is 1.52 bits per heavy atom. The lowest BCUT2D eigenvalue weighted by atomic mass is 9.79. The Hall–Kier alpha value is -3.74. The van der Waals surface area contributed by atoms with E-state index >= 15 is 0 Å². The molecule has 1 aromatic rings. The number of hydrogen-bond donors (Lipinski definition) is 4. The number of nitrogens with zero attached hydrogens (tertiary/aromatic N) is 1. The molecular formula is C55H85NO19. The Labute approximate surface area is 442 Å². The van der Waals surface area contributed by atoms with Gasteiger partial charge in [0.1, 0.15) is 54.3 Å². The minimum Gasteiger partial charge on any atom is -0.497 e. The summed E-state index contributed by atoms with van der Waals surface area (Å²) in [5.41, 5.74) is -0.200. The first-order valence-electron chi connectivity index (χ1n) is 26.2. The molecule has 0 aliphatic carbocycles. The number of methoxy groups -OCH3 is 3. The van der Waals surface area contributed by atoms with Gasteiger partial charge in [-0.1, -0.05) is 50.6 Å². The van der Waals surface area contributed by atoms with Crippen LogP contribution < -0.4 is 4.74 Å². The number of allylic oxidation sites excluding steroid dienone is 3. The zero-order chi connectivity index (χ0) is 55.5. The summed E-state index contributed by atoms with van der Waals surface area (Å²) < 4.78 is 66.5. The summed E-state index contributed by atoms with van der Waals surface area (Å²) >= 11 is 0. The SMILES string of the molecule is CC[C@H]1OC(=O)C[C@@H](O)[C@H](C)[C@@H](O[C@@H]2O[C@H](C)[C@@H](O[C@H]3C[C@@](C)(O)[C@@H](OC(=O)Cc4ccc(OC)cc4)[C@H](C)O3)[C@H](N(C)C)[C@H]2O)[C@@H](CC=O)C[C@@H](C)C(=O)/C=C/C(C)=C/[C@@H]1CO[C@@H]1O[C@H](C)[C@@H](O)[C@@H](OC)[C@H]1OC. The second-order valence-electron chi connectivity index (χ2n) is 21.2. The van der Waals surface area contributed by atoms with Crippen LogP contribution in [0, 0.1) is 23.7 Å². The number of aliphatic hydroxyl groups is 4. The van der Waals surface area contributed by atoms with Gasteiger partial charge in [0.05, 0.1) is 63.1 Å². The van der Waals surface area contributed by atoms with E-state index in [0.29, 0.717) is 29.6 Å². The number of cyclic esters (lactones) is 1. The van der Waals surface area contributed by atoms with Gasteiger partial charge >= 0.3 is 11.9 Å². The molecule has 4 aliphatic heterocycles. The van der Waals surface area contributed by atoms with Crippen LogP contribution in [0.3, 0.4) is 0 Å².